The number of nitrogens with one attached hydrogen (secondary N) is 1. The number of para-hydroxylation sites is 1. The lowest BCUT2D eigenvalue weighted by atomic mass is 10.0. The maximum atomic E-state index is 12.6. The highest BCUT2D eigenvalue weighted by molar-refractivity contribution is 6.32. The van der Waals surface area contributed by atoms with E-state index in [-0.39, 0.29) is 18.7 Å². The third-order valence-electron chi connectivity index (χ3n) is 4.21. The molecule has 0 aliphatic heterocycles. The van der Waals surface area contributed by atoms with Crippen molar-refractivity contribution in [2.24, 2.45) is 0 Å². The van der Waals surface area contributed by atoms with Crippen LogP contribution < -0.4 is 5.32 Å². The van der Waals surface area contributed by atoms with Crippen LogP contribution in [-0.4, -0.2) is 40.1 Å². The number of halogens is 5. The summed E-state index contributed by atoms with van der Waals surface area (Å²) in [5, 5.41) is 16.4. The van der Waals surface area contributed by atoms with E-state index in [1.807, 2.05) is 5.32 Å². The van der Waals surface area contributed by atoms with Crippen molar-refractivity contribution in [2.75, 3.05) is 13.2 Å². The first-order valence-corrected chi connectivity index (χ1v) is 9.55. The standard InChI is InChI=1S/C20H16Cl2F3N3O2/c21-13-7-5-12(6-8-13)18-14(9-10-29)17(19(30)26-11-20(23,24)25)27-28(18)16-4-2-1-3-15(16)22/h1-8,29H,9-11H2,(H,26,30). The fraction of sp³-hybridized carbons (Fsp3) is 0.200. The molecule has 2 aromatic carbocycles. The van der Waals surface area contributed by atoms with Gasteiger partial charge in [0.1, 0.15) is 6.54 Å². The third kappa shape index (κ3) is 4.95. The van der Waals surface area contributed by atoms with Crippen LogP contribution in [0.1, 0.15) is 16.1 Å². The van der Waals surface area contributed by atoms with E-state index < -0.39 is 18.6 Å². The van der Waals surface area contributed by atoms with Gasteiger partial charge in [-0.3, -0.25) is 4.79 Å². The molecule has 1 heterocycles. The van der Waals surface area contributed by atoms with Gasteiger partial charge in [-0.2, -0.15) is 18.3 Å². The molecule has 0 atom stereocenters. The van der Waals surface area contributed by atoms with Gasteiger partial charge in [0, 0.05) is 29.2 Å². The number of hydrogen-bond donors (Lipinski definition) is 2. The largest absolute Gasteiger partial charge is 0.405 e. The van der Waals surface area contributed by atoms with Crippen molar-refractivity contribution >= 4 is 29.1 Å². The molecule has 0 saturated heterocycles. The van der Waals surface area contributed by atoms with E-state index >= 15 is 0 Å². The van der Waals surface area contributed by atoms with Crippen LogP contribution >= 0.6 is 23.2 Å². The van der Waals surface area contributed by atoms with Crippen molar-refractivity contribution in [1.82, 2.24) is 15.1 Å². The van der Waals surface area contributed by atoms with Crippen molar-refractivity contribution in [2.45, 2.75) is 12.6 Å². The molecule has 0 spiro atoms. The Hall–Kier alpha value is -2.55. The van der Waals surface area contributed by atoms with E-state index in [0.29, 0.717) is 32.6 Å². The zero-order chi connectivity index (χ0) is 21.9. The average molecular weight is 458 g/mol. The number of rotatable bonds is 6. The summed E-state index contributed by atoms with van der Waals surface area (Å²) in [5.41, 5.74) is 1.52. The first-order chi connectivity index (χ1) is 14.2. The molecule has 158 valence electrons. The van der Waals surface area contributed by atoms with Gasteiger partial charge in [0.2, 0.25) is 0 Å². The van der Waals surface area contributed by atoms with Gasteiger partial charge in [-0.15, -0.1) is 0 Å². The fourth-order valence-electron chi connectivity index (χ4n) is 2.95. The van der Waals surface area contributed by atoms with Gasteiger partial charge in [-0.25, -0.2) is 4.68 Å². The predicted octanol–water partition coefficient (Wildman–Crippen LogP) is 4.67. The minimum absolute atomic E-state index is 0.00279. The molecule has 0 saturated carbocycles. The smallest absolute Gasteiger partial charge is 0.396 e. The lowest BCUT2D eigenvalue weighted by Gasteiger charge is -2.11. The Balaban J connectivity index is 2.21. The molecule has 0 unspecified atom stereocenters. The summed E-state index contributed by atoms with van der Waals surface area (Å²) in [6.07, 6.45) is -4.58. The Labute approximate surface area is 180 Å². The number of alkyl halides is 3. The maximum absolute atomic E-state index is 12.6. The minimum atomic E-state index is -4.57. The monoisotopic (exact) mass is 457 g/mol. The summed E-state index contributed by atoms with van der Waals surface area (Å²) in [6, 6.07) is 13.3. The topological polar surface area (TPSA) is 67.2 Å². The third-order valence-corrected chi connectivity index (χ3v) is 4.78. The highest BCUT2D eigenvalue weighted by Gasteiger charge is 2.30. The van der Waals surface area contributed by atoms with Gasteiger partial charge in [0.05, 0.1) is 16.4 Å². The van der Waals surface area contributed by atoms with Crippen molar-refractivity contribution in [3.8, 4) is 16.9 Å². The van der Waals surface area contributed by atoms with E-state index in [9.17, 15) is 23.1 Å². The molecule has 30 heavy (non-hydrogen) atoms. The Morgan fingerprint density at radius 1 is 1.10 bits per heavy atom. The van der Waals surface area contributed by atoms with Crippen LogP contribution in [0.25, 0.3) is 16.9 Å². The van der Waals surface area contributed by atoms with Gasteiger partial charge in [-0.1, -0.05) is 47.5 Å². The SMILES string of the molecule is O=C(NCC(F)(F)F)c1nn(-c2ccccc2Cl)c(-c2ccc(Cl)cc2)c1CCO. The zero-order valence-electron chi connectivity index (χ0n) is 15.4. The number of nitrogens with zero attached hydrogens (tertiary/aromatic N) is 2. The van der Waals surface area contributed by atoms with Crippen LogP contribution in [0.5, 0.6) is 0 Å². The van der Waals surface area contributed by atoms with Crippen LogP contribution in [0.2, 0.25) is 10.0 Å². The molecular formula is C20H16Cl2F3N3O2. The Morgan fingerprint density at radius 3 is 2.37 bits per heavy atom. The van der Waals surface area contributed by atoms with Gasteiger partial charge >= 0.3 is 6.18 Å². The van der Waals surface area contributed by atoms with Crippen molar-refractivity contribution in [3.63, 3.8) is 0 Å². The number of aliphatic hydroxyl groups is 1. The highest BCUT2D eigenvalue weighted by atomic mass is 35.5. The van der Waals surface area contributed by atoms with E-state index in [0.717, 1.165) is 0 Å². The van der Waals surface area contributed by atoms with E-state index in [4.69, 9.17) is 23.2 Å². The second-order valence-electron chi connectivity index (χ2n) is 6.32. The normalized spacial score (nSPS) is 11.5. The summed E-state index contributed by atoms with van der Waals surface area (Å²) in [5.74, 6) is -1.00. The van der Waals surface area contributed by atoms with Crippen LogP contribution in [0.3, 0.4) is 0 Å². The summed E-state index contributed by atoms with van der Waals surface area (Å²) >= 11 is 12.3. The van der Waals surface area contributed by atoms with Crippen molar-refractivity contribution in [3.05, 3.63) is 69.8 Å². The molecule has 0 radical (unpaired) electrons. The van der Waals surface area contributed by atoms with Gasteiger partial charge in [-0.05, 0) is 24.3 Å². The Morgan fingerprint density at radius 2 is 1.77 bits per heavy atom. The Kier molecular flexibility index (Phi) is 6.70. The number of amides is 1. The van der Waals surface area contributed by atoms with Crippen molar-refractivity contribution < 1.29 is 23.1 Å². The molecule has 1 amide bonds. The number of aromatic nitrogens is 2. The number of aliphatic hydroxyl groups excluding tert-OH is 1. The molecule has 3 aromatic rings. The molecule has 0 fully saturated rings. The summed E-state index contributed by atoms with van der Waals surface area (Å²) in [6.45, 7) is -1.84. The summed E-state index contributed by atoms with van der Waals surface area (Å²) < 4.78 is 39.1. The molecule has 10 heteroatoms. The average Bonchev–Trinajstić information content (AvgIpc) is 3.06. The number of hydrogen-bond acceptors (Lipinski definition) is 3. The second kappa shape index (κ2) is 9.07. The number of benzene rings is 2. The van der Waals surface area contributed by atoms with Crippen LogP contribution in [0, 0.1) is 0 Å². The van der Waals surface area contributed by atoms with Gasteiger partial charge < -0.3 is 10.4 Å². The first kappa shape index (κ1) is 22.1. The minimum Gasteiger partial charge on any atom is -0.396 e. The zero-order valence-corrected chi connectivity index (χ0v) is 16.9. The fourth-order valence-corrected chi connectivity index (χ4v) is 3.29. The molecular weight excluding hydrogens is 442 g/mol. The van der Waals surface area contributed by atoms with Gasteiger partial charge in [0.25, 0.3) is 5.91 Å². The molecule has 5 nitrogen and oxygen atoms in total. The Bertz CT molecular complexity index is 1050. The van der Waals surface area contributed by atoms with E-state index in [2.05, 4.69) is 5.10 Å². The summed E-state index contributed by atoms with van der Waals surface area (Å²) in [4.78, 5) is 12.5. The highest BCUT2D eigenvalue weighted by Crippen LogP contribution is 2.33. The lowest BCUT2D eigenvalue weighted by molar-refractivity contribution is -0.123. The van der Waals surface area contributed by atoms with Crippen LogP contribution in [-0.2, 0) is 6.42 Å². The van der Waals surface area contributed by atoms with E-state index in [1.54, 1.807) is 48.5 Å². The van der Waals surface area contributed by atoms with E-state index in [1.165, 1.54) is 4.68 Å². The predicted molar refractivity (Wildman–Crippen MR) is 108 cm³/mol. The van der Waals surface area contributed by atoms with Crippen LogP contribution in [0.15, 0.2) is 48.5 Å². The maximum Gasteiger partial charge on any atom is 0.405 e. The molecule has 2 N–H and O–H groups in total. The number of carbonyl (C=O) groups excluding carboxylic acids is 1. The van der Waals surface area contributed by atoms with Gasteiger partial charge in [0.15, 0.2) is 5.69 Å². The molecule has 0 bridgehead atoms. The van der Waals surface area contributed by atoms with Crippen molar-refractivity contribution in [1.29, 1.82) is 0 Å². The second-order valence-corrected chi connectivity index (χ2v) is 7.16. The first-order valence-electron chi connectivity index (χ1n) is 8.80. The molecule has 0 aliphatic carbocycles. The lowest BCUT2D eigenvalue weighted by Crippen LogP contribution is -2.34. The quantitative estimate of drug-likeness (QED) is 0.564. The molecule has 3 rings (SSSR count). The molecule has 0 aliphatic rings. The van der Waals surface area contributed by atoms with Crippen LogP contribution in [0.4, 0.5) is 13.2 Å². The summed E-state index contributed by atoms with van der Waals surface area (Å²) in [7, 11) is 0. The molecule has 1 aromatic heterocycles. The number of carbonyl (C=O) groups is 1.